The second-order valence-electron chi connectivity index (χ2n) is 7.34. The maximum Gasteiger partial charge on any atom is 0.266 e. The minimum atomic E-state index is -0.105. The van der Waals surface area contributed by atoms with Crippen molar-refractivity contribution in [3.8, 4) is 17.2 Å². The van der Waals surface area contributed by atoms with Crippen molar-refractivity contribution < 1.29 is 9.47 Å². The number of fused-ring (bicyclic) bond motifs is 1. The van der Waals surface area contributed by atoms with Crippen LogP contribution >= 0.6 is 0 Å². The van der Waals surface area contributed by atoms with Crippen molar-refractivity contribution in [3.05, 3.63) is 93.5 Å². The monoisotopic (exact) mass is 412 g/mol. The molecular weight excluding hydrogens is 388 g/mol. The molecule has 0 atom stereocenters. The summed E-state index contributed by atoms with van der Waals surface area (Å²) >= 11 is 0. The topological polar surface area (TPSA) is 53.4 Å². The van der Waals surface area contributed by atoms with Crippen LogP contribution in [0.1, 0.15) is 22.5 Å². The van der Waals surface area contributed by atoms with Gasteiger partial charge in [-0.25, -0.2) is 4.98 Å². The van der Waals surface area contributed by atoms with E-state index in [0.29, 0.717) is 22.5 Å². The lowest BCUT2D eigenvalue weighted by atomic mass is 10.1. The number of ether oxygens (including phenoxy) is 2. The number of hydrogen-bond acceptors (Lipinski definition) is 4. The number of hydrogen-bond donors (Lipinski definition) is 0. The Labute approximate surface area is 181 Å². The molecule has 5 heteroatoms. The molecule has 0 saturated carbocycles. The first kappa shape index (κ1) is 20.4. The molecule has 0 aliphatic rings. The van der Waals surface area contributed by atoms with Crippen molar-refractivity contribution in [2.75, 3.05) is 14.2 Å². The van der Waals surface area contributed by atoms with E-state index >= 15 is 0 Å². The Hall–Kier alpha value is -3.86. The average molecular weight is 412 g/mol. The largest absolute Gasteiger partial charge is 0.497 e. The van der Waals surface area contributed by atoms with E-state index in [0.717, 1.165) is 22.6 Å². The minimum absolute atomic E-state index is 0.105. The summed E-state index contributed by atoms with van der Waals surface area (Å²) in [6, 6.07) is 18.9. The van der Waals surface area contributed by atoms with Gasteiger partial charge in [-0.05, 0) is 79.6 Å². The van der Waals surface area contributed by atoms with Gasteiger partial charge in [0.15, 0.2) is 0 Å². The standard InChI is InChI=1S/C26H24N2O3/c1-17-9-11-20(15-18(17)2)28-25(27-23-8-6-5-7-22(23)26(28)29)14-10-19-16-21(30-3)12-13-24(19)31-4/h5-16H,1-4H3/b14-10+. The quantitative estimate of drug-likeness (QED) is 0.453. The number of methoxy groups -OCH3 is 2. The van der Waals surface area contributed by atoms with Gasteiger partial charge in [0, 0.05) is 5.56 Å². The molecule has 0 aliphatic carbocycles. The second kappa shape index (κ2) is 8.48. The van der Waals surface area contributed by atoms with Gasteiger partial charge in [-0.1, -0.05) is 18.2 Å². The van der Waals surface area contributed by atoms with Gasteiger partial charge in [-0.3, -0.25) is 9.36 Å². The SMILES string of the molecule is COc1ccc(OC)c(/C=C/c2nc3ccccc3c(=O)n2-c2ccc(C)c(C)c2)c1. The Morgan fingerprint density at radius 3 is 2.42 bits per heavy atom. The molecule has 3 aromatic carbocycles. The maximum atomic E-state index is 13.4. The summed E-state index contributed by atoms with van der Waals surface area (Å²) in [5, 5.41) is 0.580. The zero-order valence-electron chi connectivity index (χ0n) is 18.0. The molecule has 1 aromatic heterocycles. The molecule has 156 valence electrons. The van der Waals surface area contributed by atoms with Crippen molar-refractivity contribution >= 4 is 23.1 Å². The lowest BCUT2D eigenvalue weighted by Gasteiger charge is -2.13. The highest BCUT2D eigenvalue weighted by atomic mass is 16.5. The third kappa shape index (κ3) is 3.94. The Bertz CT molecular complexity index is 1350. The van der Waals surface area contributed by atoms with Crippen molar-refractivity contribution in [2.45, 2.75) is 13.8 Å². The van der Waals surface area contributed by atoms with Crippen LogP contribution in [0.4, 0.5) is 0 Å². The first-order valence-electron chi connectivity index (χ1n) is 10.0. The van der Waals surface area contributed by atoms with Crippen LogP contribution in [0, 0.1) is 13.8 Å². The van der Waals surface area contributed by atoms with Crippen molar-refractivity contribution in [2.24, 2.45) is 0 Å². The molecule has 0 unspecified atom stereocenters. The predicted molar refractivity (Wildman–Crippen MR) is 125 cm³/mol. The normalized spacial score (nSPS) is 11.2. The van der Waals surface area contributed by atoms with Gasteiger partial charge in [0.2, 0.25) is 0 Å². The number of nitrogens with zero attached hydrogens (tertiary/aromatic N) is 2. The van der Waals surface area contributed by atoms with E-state index in [4.69, 9.17) is 14.5 Å². The highest BCUT2D eigenvalue weighted by Crippen LogP contribution is 2.26. The number of aryl methyl sites for hydroxylation is 2. The van der Waals surface area contributed by atoms with Crippen LogP contribution in [0.2, 0.25) is 0 Å². The first-order valence-corrected chi connectivity index (χ1v) is 10.0. The van der Waals surface area contributed by atoms with Crippen LogP contribution in [0.25, 0.3) is 28.7 Å². The van der Waals surface area contributed by atoms with Crippen LogP contribution in [0.15, 0.2) is 65.5 Å². The maximum absolute atomic E-state index is 13.4. The lowest BCUT2D eigenvalue weighted by molar-refractivity contribution is 0.402. The molecule has 31 heavy (non-hydrogen) atoms. The van der Waals surface area contributed by atoms with Gasteiger partial charge in [-0.2, -0.15) is 0 Å². The molecule has 0 radical (unpaired) electrons. The van der Waals surface area contributed by atoms with Gasteiger partial charge in [0.1, 0.15) is 17.3 Å². The van der Waals surface area contributed by atoms with E-state index in [9.17, 15) is 4.79 Å². The number of rotatable bonds is 5. The molecule has 4 rings (SSSR count). The smallest absolute Gasteiger partial charge is 0.266 e. The zero-order valence-corrected chi connectivity index (χ0v) is 18.0. The van der Waals surface area contributed by atoms with Crippen molar-refractivity contribution in [1.29, 1.82) is 0 Å². The molecule has 5 nitrogen and oxygen atoms in total. The average Bonchev–Trinajstić information content (AvgIpc) is 2.79. The summed E-state index contributed by atoms with van der Waals surface area (Å²) in [6.07, 6.45) is 3.72. The van der Waals surface area contributed by atoms with E-state index < -0.39 is 0 Å². The highest BCUT2D eigenvalue weighted by Gasteiger charge is 2.12. The highest BCUT2D eigenvalue weighted by molar-refractivity contribution is 5.80. The van der Waals surface area contributed by atoms with Crippen LogP contribution < -0.4 is 15.0 Å². The molecule has 4 aromatic rings. The fourth-order valence-corrected chi connectivity index (χ4v) is 3.51. The van der Waals surface area contributed by atoms with Crippen LogP contribution in [-0.4, -0.2) is 23.8 Å². The third-order valence-electron chi connectivity index (χ3n) is 5.40. The minimum Gasteiger partial charge on any atom is -0.497 e. The van der Waals surface area contributed by atoms with E-state index in [1.165, 1.54) is 5.56 Å². The van der Waals surface area contributed by atoms with Gasteiger partial charge >= 0.3 is 0 Å². The van der Waals surface area contributed by atoms with Gasteiger partial charge < -0.3 is 9.47 Å². The molecular formula is C26H24N2O3. The van der Waals surface area contributed by atoms with Crippen LogP contribution in [0.3, 0.4) is 0 Å². The van der Waals surface area contributed by atoms with Gasteiger partial charge in [0.05, 0.1) is 30.8 Å². The summed E-state index contributed by atoms with van der Waals surface area (Å²) in [5.74, 6) is 1.97. The van der Waals surface area contributed by atoms with Crippen LogP contribution in [-0.2, 0) is 0 Å². The zero-order chi connectivity index (χ0) is 22.0. The predicted octanol–water partition coefficient (Wildman–Crippen LogP) is 5.19. The number of benzene rings is 3. The molecule has 0 aliphatic heterocycles. The molecule has 0 saturated heterocycles. The molecule has 0 fully saturated rings. The lowest BCUT2D eigenvalue weighted by Crippen LogP contribution is -2.22. The van der Waals surface area contributed by atoms with E-state index in [1.54, 1.807) is 24.9 Å². The molecule has 0 N–H and O–H groups in total. The summed E-state index contributed by atoms with van der Waals surface area (Å²) < 4.78 is 12.5. The van der Waals surface area contributed by atoms with E-state index in [1.807, 2.05) is 73.7 Å². The van der Waals surface area contributed by atoms with E-state index in [2.05, 4.69) is 6.92 Å². The van der Waals surface area contributed by atoms with Crippen LogP contribution in [0.5, 0.6) is 11.5 Å². The molecule has 0 bridgehead atoms. The van der Waals surface area contributed by atoms with E-state index in [-0.39, 0.29) is 5.56 Å². The van der Waals surface area contributed by atoms with Gasteiger partial charge in [0.25, 0.3) is 5.56 Å². The fraction of sp³-hybridized carbons (Fsp3) is 0.154. The summed E-state index contributed by atoms with van der Waals surface area (Å²) in [7, 11) is 3.25. The summed E-state index contributed by atoms with van der Waals surface area (Å²) in [6.45, 7) is 4.09. The summed E-state index contributed by atoms with van der Waals surface area (Å²) in [5.41, 5.74) is 4.45. The third-order valence-corrected chi connectivity index (χ3v) is 5.40. The summed E-state index contributed by atoms with van der Waals surface area (Å²) in [4.78, 5) is 18.2. The van der Waals surface area contributed by atoms with Crippen molar-refractivity contribution in [3.63, 3.8) is 0 Å². The van der Waals surface area contributed by atoms with Gasteiger partial charge in [-0.15, -0.1) is 0 Å². The molecule has 0 amide bonds. The fourth-order valence-electron chi connectivity index (χ4n) is 3.51. The molecule has 0 spiro atoms. The Kier molecular flexibility index (Phi) is 5.58. The Balaban J connectivity index is 1.94. The Morgan fingerprint density at radius 2 is 1.68 bits per heavy atom. The Morgan fingerprint density at radius 1 is 0.871 bits per heavy atom. The number of aromatic nitrogens is 2. The first-order chi connectivity index (χ1) is 15.0. The second-order valence-corrected chi connectivity index (χ2v) is 7.34. The van der Waals surface area contributed by atoms with Crippen molar-refractivity contribution in [1.82, 2.24) is 9.55 Å². The number of para-hydroxylation sites is 1. The molecule has 1 heterocycles.